The number of halogens is 1. The molecule has 0 unspecified atom stereocenters. The molecule has 2 aromatic carbocycles. The molecule has 0 atom stereocenters. The number of hydrogen-bond donors (Lipinski definition) is 1. The van der Waals surface area contributed by atoms with Crippen LogP contribution in [0.4, 0.5) is 4.39 Å². The van der Waals surface area contributed by atoms with Gasteiger partial charge in [-0.25, -0.2) is 12.8 Å². The van der Waals surface area contributed by atoms with Crippen molar-refractivity contribution in [1.29, 1.82) is 0 Å². The topological polar surface area (TPSA) is 63.6 Å². The molecule has 1 aliphatic rings. The molecule has 0 spiro atoms. The molecule has 3 rings (SSSR count). The van der Waals surface area contributed by atoms with Crippen molar-refractivity contribution in [3.63, 3.8) is 0 Å². The number of phenols is 1. The van der Waals surface area contributed by atoms with Crippen LogP contribution in [-0.4, -0.2) is 20.1 Å². The Kier molecular flexibility index (Phi) is 3.17. The molecule has 0 fully saturated rings. The Morgan fingerprint density at radius 2 is 1.90 bits per heavy atom. The lowest BCUT2D eigenvalue weighted by molar-refractivity contribution is 0.366. The number of rotatable bonds is 3. The number of ether oxygens (including phenoxy) is 1. The first kappa shape index (κ1) is 13.6. The minimum atomic E-state index is -3.57. The zero-order valence-corrected chi connectivity index (χ0v) is 11.6. The highest BCUT2D eigenvalue weighted by Crippen LogP contribution is 2.39. The Hall–Kier alpha value is -2.34. The number of sulfone groups is 1. The average Bonchev–Trinajstić information content (AvgIpc) is 2.69. The Balaban J connectivity index is 1.91. The second kappa shape index (κ2) is 4.89. The van der Waals surface area contributed by atoms with Crippen LogP contribution in [0.25, 0.3) is 5.57 Å². The van der Waals surface area contributed by atoms with Crippen LogP contribution < -0.4 is 4.74 Å². The van der Waals surface area contributed by atoms with Crippen LogP contribution >= 0.6 is 0 Å². The van der Waals surface area contributed by atoms with Gasteiger partial charge in [0.25, 0.3) is 0 Å². The van der Waals surface area contributed by atoms with E-state index in [1.54, 1.807) is 6.07 Å². The van der Waals surface area contributed by atoms with E-state index in [4.69, 9.17) is 4.74 Å². The number of benzene rings is 2. The zero-order valence-electron chi connectivity index (χ0n) is 10.8. The fraction of sp³-hybridized carbons (Fsp3) is 0.0667. The molecule has 1 aliphatic heterocycles. The summed E-state index contributed by atoms with van der Waals surface area (Å²) in [5.74, 6) is -0.274. The quantitative estimate of drug-likeness (QED) is 0.947. The van der Waals surface area contributed by atoms with Crippen molar-refractivity contribution in [1.82, 2.24) is 0 Å². The predicted molar refractivity (Wildman–Crippen MR) is 75.2 cm³/mol. The summed E-state index contributed by atoms with van der Waals surface area (Å²) in [4.78, 5) is 0.0559. The summed E-state index contributed by atoms with van der Waals surface area (Å²) in [6.45, 7) is -0.0761. The van der Waals surface area contributed by atoms with Gasteiger partial charge in [0, 0.05) is 22.6 Å². The van der Waals surface area contributed by atoms with Crippen molar-refractivity contribution in [2.75, 3.05) is 6.61 Å². The van der Waals surface area contributed by atoms with Gasteiger partial charge in [0.2, 0.25) is 9.84 Å². The van der Waals surface area contributed by atoms with Crippen LogP contribution in [0.3, 0.4) is 0 Å². The molecule has 108 valence electrons. The van der Waals surface area contributed by atoms with Gasteiger partial charge in [-0.15, -0.1) is 0 Å². The van der Waals surface area contributed by atoms with Gasteiger partial charge >= 0.3 is 0 Å². The smallest absolute Gasteiger partial charge is 0.200 e. The van der Waals surface area contributed by atoms with Crippen LogP contribution in [-0.2, 0) is 9.84 Å². The Morgan fingerprint density at radius 1 is 1.14 bits per heavy atom. The fourth-order valence-electron chi connectivity index (χ4n) is 2.21. The molecule has 21 heavy (non-hydrogen) atoms. The summed E-state index contributed by atoms with van der Waals surface area (Å²) in [5, 5.41) is 10.9. The number of aromatic hydroxyl groups is 1. The first-order valence-corrected chi connectivity index (χ1v) is 7.68. The van der Waals surface area contributed by atoms with Crippen molar-refractivity contribution < 1.29 is 22.7 Å². The lowest BCUT2D eigenvalue weighted by atomic mass is 10.1. The molecule has 0 radical (unpaired) electrons. The molecule has 0 saturated carbocycles. The van der Waals surface area contributed by atoms with Crippen LogP contribution in [0, 0.1) is 5.82 Å². The van der Waals surface area contributed by atoms with Crippen molar-refractivity contribution >= 4 is 15.4 Å². The lowest BCUT2D eigenvalue weighted by Gasteiger charge is -2.09. The third-order valence-corrected chi connectivity index (χ3v) is 4.67. The summed E-state index contributed by atoms with van der Waals surface area (Å²) in [7, 11) is -3.57. The fourth-order valence-corrected chi connectivity index (χ4v) is 3.69. The molecule has 4 nitrogen and oxygen atoms in total. The SMILES string of the molecule is O=S1(=O)C=C(COc2cccc(F)c2)c2c(O)cccc21. The van der Waals surface area contributed by atoms with E-state index in [1.807, 2.05) is 0 Å². The summed E-state index contributed by atoms with van der Waals surface area (Å²) >= 11 is 0. The van der Waals surface area contributed by atoms with Crippen molar-refractivity contribution in [3.8, 4) is 11.5 Å². The summed E-state index contributed by atoms with van der Waals surface area (Å²) in [6.07, 6.45) is 0. The number of hydrogen-bond acceptors (Lipinski definition) is 4. The molecule has 1 heterocycles. The molecule has 1 N–H and O–H groups in total. The minimum Gasteiger partial charge on any atom is -0.507 e. The van der Waals surface area contributed by atoms with E-state index in [2.05, 4.69) is 0 Å². The molecule has 0 bridgehead atoms. The largest absolute Gasteiger partial charge is 0.507 e. The van der Waals surface area contributed by atoms with Gasteiger partial charge in [0.1, 0.15) is 23.9 Å². The molecule has 0 saturated heterocycles. The summed E-state index contributed by atoms with van der Waals surface area (Å²) < 4.78 is 42.4. The van der Waals surface area contributed by atoms with E-state index >= 15 is 0 Å². The van der Waals surface area contributed by atoms with E-state index < -0.39 is 15.7 Å². The number of fused-ring (bicyclic) bond motifs is 1. The van der Waals surface area contributed by atoms with Gasteiger partial charge in [0.15, 0.2) is 0 Å². The molecule has 0 aromatic heterocycles. The van der Waals surface area contributed by atoms with Gasteiger partial charge < -0.3 is 9.84 Å². The van der Waals surface area contributed by atoms with Crippen LogP contribution in [0.2, 0.25) is 0 Å². The van der Waals surface area contributed by atoms with Crippen LogP contribution in [0.5, 0.6) is 11.5 Å². The molecular weight excluding hydrogens is 295 g/mol. The molecular formula is C15H11FO4S. The first-order valence-electron chi connectivity index (χ1n) is 6.14. The highest BCUT2D eigenvalue weighted by Gasteiger charge is 2.29. The highest BCUT2D eigenvalue weighted by molar-refractivity contribution is 7.95. The van der Waals surface area contributed by atoms with Crippen molar-refractivity contribution in [2.45, 2.75) is 4.90 Å². The maximum atomic E-state index is 13.1. The maximum absolute atomic E-state index is 13.1. The Morgan fingerprint density at radius 3 is 2.67 bits per heavy atom. The standard InChI is InChI=1S/C15H11FO4S/c16-11-3-1-4-12(7-11)20-8-10-9-21(18,19)14-6-2-5-13(17)15(10)14/h1-7,9,17H,8H2. The highest BCUT2D eigenvalue weighted by atomic mass is 32.2. The van der Waals surface area contributed by atoms with Crippen molar-refractivity contribution in [3.05, 3.63) is 59.3 Å². The normalized spacial score (nSPS) is 15.4. The summed E-state index contributed by atoms with van der Waals surface area (Å²) in [5.41, 5.74) is 0.585. The molecule has 0 aliphatic carbocycles. The van der Waals surface area contributed by atoms with Crippen molar-refractivity contribution in [2.24, 2.45) is 0 Å². The molecule has 0 amide bonds. The zero-order chi connectivity index (χ0) is 15.0. The van der Waals surface area contributed by atoms with Crippen LogP contribution in [0.15, 0.2) is 52.8 Å². The van der Waals surface area contributed by atoms with E-state index in [9.17, 15) is 17.9 Å². The van der Waals surface area contributed by atoms with Gasteiger partial charge in [-0.3, -0.25) is 0 Å². The van der Waals surface area contributed by atoms with Gasteiger partial charge in [-0.2, -0.15) is 0 Å². The van der Waals surface area contributed by atoms with E-state index in [1.165, 1.54) is 36.4 Å². The van der Waals surface area contributed by atoms with E-state index in [0.717, 1.165) is 5.41 Å². The second-order valence-electron chi connectivity index (χ2n) is 4.58. The molecule has 2 aromatic rings. The first-order chi connectivity index (χ1) is 9.97. The monoisotopic (exact) mass is 306 g/mol. The summed E-state index contributed by atoms with van der Waals surface area (Å²) in [6, 6.07) is 9.86. The molecule has 6 heteroatoms. The maximum Gasteiger partial charge on any atom is 0.200 e. The Labute approximate surface area is 121 Å². The second-order valence-corrected chi connectivity index (χ2v) is 6.35. The average molecular weight is 306 g/mol. The lowest BCUT2D eigenvalue weighted by Crippen LogP contribution is -2.00. The third-order valence-electron chi connectivity index (χ3n) is 3.12. The van der Waals surface area contributed by atoms with E-state index in [0.29, 0.717) is 5.57 Å². The van der Waals surface area contributed by atoms with Gasteiger partial charge in [0.05, 0.1) is 4.90 Å². The van der Waals surface area contributed by atoms with Crippen LogP contribution in [0.1, 0.15) is 5.56 Å². The Bertz CT molecular complexity index is 841. The number of phenolic OH excluding ortho intramolecular Hbond substituents is 1. The van der Waals surface area contributed by atoms with Gasteiger partial charge in [-0.1, -0.05) is 12.1 Å². The van der Waals surface area contributed by atoms with E-state index in [-0.39, 0.29) is 28.6 Å². The minimum absolute atomic E-state index is 0.0559. The third kappa shape index (κ3) is 2.50. The van der Waals surface area contributed by atoms with Gasteiger partial charge in [-0.05, 0) is 24.3 Å². The predicted octanol–water partition coefficient (Wildman–Crippen LogP) is 2.74.